The molecule has 6 unspecified atom stereocenters. The molecule has 0 saturated heterocycles. The van der Waals surface area contributed by atoms with Gasteiger partial charge < -0.3 is 5.73 Å². The first-order chi connectivity index (χ1) is 22.9. The van der Waals surface area contributed by atoms with Crippen molar-refractivity contribution < 1.29 is 0 Å². The Bertz CT molecular complexity index is 1440. The van der Waals surface area contributed by atoms with Crippen molar-refractivity contribution in [3.8, 4) is 0 Å². The highest BCUT2D eigenvalue weighted by molar-refractivity contribution is 5.53. The quantitative estimate of drug-likeness (QED) is 0.169. The maximum absolute atomic E-state index is 5.69. The Morgan fingerprint density at radius 3 is 2.17 bits per heavy atom. The van der Waals surface area contributed by atoms with Crippen molar-refractivity contribution in [3.63, 3.8) is 0 Å². The molecule has 1 nitrogen and oxygen atoms in total. The molecule has 6 atom stereocenters. The zero-order chi connectivity index (χ0) is 33.8. The third-order valence-electron chi connectivity index (χ3n) is 11.0. The predicted octanol–water partition coefficient (Wildman–Crippen LogP) is 12.6. The molecule has 0 radical (unpaired) electrons. The van der Waals surface area contributed by atoms with E-state index in [1.807, 2.05) is 0 Å². The van der Waals surface area contributed by atoms with Crippen LogP contribution in [-0.2, 0) is 0 Å². The van der Waals surface area contributed by atoms with Gasteiger partial charge in [0.1, 0.15) is 0 Å². The Morgan fingerprint density at radius 2 is 1.53 bits per heavy atom. The van der Waals surface area contributed by atoms with Crippen LogP contribution in [0.3, 0.4) is 0 Å². The van der Waals surface area contributed by atoms with Crippen molar-refractivity contribution in [1.29, 1.82) is 0 Å². The lowest BCUT2D eigenvalue weighted by molar-refractivity contribution is 0.427. The lowest BCUT2D eigenvalue weighted by atomic mass is 9.67. The van der Waals surface area contributed by atoms with E-state index in [2.05, 4.69) is 133 Å². The van der Waals surface area contributed by atoms with Gasteiger partial charge in [-0.15, -0.1) is 0 Å². The Kier molecular flexibility index (Phi) is 14.4. The summed E-state index contributed by atoms with van der Waals surface area (Å²) in [6.07, 6.45) is 45.4. The Balaban J connectivity index is 1.53. The minimum absolute atomic E-state index is 0.400. The summed E-state index contributed by atoms with van der Waals surface area (Å²) in [5.74, 6) is 3.08. The monoisotopic (exact) mass is 629 g/mol. The van der Waals surface area contributed by atoms with Crippen molar-refractivity contribution in [1.82, 2.24) is 0 Å². The summed E-state index contributed by atoms with van der Waals surface area (Å²) in [6, 6.07) is 0. The van der Waals surface area contributed by atoms with Gasteiger partial charge in [0.05, 0.1) is 0 Å². The van der Waals surface area contributed by atoms with Gasteiger partial charge in [0.15, 0.2) is 0 Å². The number of fused-ring (bicyclic) bond motifs is 2. The summed E-state index contributed by atoms with van der Waals surface area (Å²) in [7, 11) is 0. The fraction of sp³-hybridized carbons (Fsp3) is 0.478. The molecule has 4 rings (SSSR count). The minimum Gasteiger partial charge on any atom is -0.327 e. The van der Waals surface area contributed by atoms with Gasteiger partial charge >= 0.3 is 0 Å². The number of hydrogen-bond donors (Lipinski definition) is 1. The highest BCUT2D eigenvalue weighted by Crippen LogP contribution is 2.47. The third kappa shape index (κ3) is 9.26. The molecule has 47 heavy (non-hydrogen) atoms. The molecule has 0 bridgehead atoms. The Morgan fingerprint density at radius 1 is 0.872 bits per heavy atom. The van der Waals surface area contributed by atoms with E-state index in [1.165, 1.54) is 64.7 Å². The van der Waals surface area contributed by atoms with Gasteiger partial charge in [-0.1, -0.05) is 149 Å². The average molecular weight is 630 g/mol. The second-order valence-corrected chi connectivity index (χ2v) is 14.3. The topological polar surface area (TPSA) is 26.0 Å². The molecule has 0 amide bonds. The van der Waals surface area contributed by atoms with E-state index in [-0.39, 0.29) is 0 Å². The summed E-state index contributed by atoms with van der Waals surface area (Å²) in [5.41, 5.74) is 17.7. The van der Waals surface area contributed by atoms with Gasteiger partial charge in [0.25, 0.3) is 0 Å². The molecule has 0 aromatic carbocycles. The van der Waals surface area contributed by atoms with Gasteiger partial charge in [-0.05, 0) is 110 Å². The van der Waals surface area contributed by atoms with E-state index in [1.54, 1.807) is 5.57 Å². The maximum atomic E-state index is 5.69. The van der Waals surface area contributed by atoms with Crippen molar-refractivity contribution >= 4 is 0 Å². The Hall–Kier alpha value is -3.16. The second-order valence-electron chi connectivity index (χ2n) is 14.3. The van der Waals surface area contributed by atoms with Crippen LogP contribution in [-0.4, -0.2) is 6.54 Å². The molecule has 1 heteroatoms. The summed E-state index contributed by atoms with van der Waals surface area (Å²) in [5, 5.41) is 0. The fourth-order valence-electron chi connectivity index (χ4n) is 8.21. The normalized spacial score (nSPS) is 25.9. The third-order valence-corrected chi connectivity index (χ3v) is 11.0. The van der Waals surface area contributed by atoms with E-state index in [4.69, 9.17) is 12.3 Å². The number of nitrogens with two attached hydrogens (primary N) is 1. The number of rotatable bonds is 16. The zero-order valence-electron chi connectivity index (χ0n) is 30.5. The smallest absolute Gasteiger partial charge is 0.0127 e. The van der Waals surface area contributed by atoms with E-state index >= 15 is 0 Å². The zero-order valence-corrected chi connectivity index (χ0v) is 30.5. The van der Waals surface area contributed by atoms with Gasteiger partial charge in [0.2, 0.25) is 0 Å². The van der Waals surface area contributed by atoms with Crippen LogP contribution >= 0.6 is 0 Å². The lowest BCUT2D eigenvalue weighted by Crippen LogP contribution is -2.25. The molecule has 0 saturated carbocycles. The molecule has 4 aliphatic rings. The van der Waals surface area contributed by atoms with Crippen LogP contribution in [0.4, 0.5) is 0 Å². The molecule has 0 aromatic heterocycles. The largest absolute Gasteiger partial charge is 0.327 e. The highest BCUT2D eigenvalue weighted by Gasteiger charge is 2.34. The maximum Gasteiger partial charge on any atom is 0.0127 e. The van der Waals surface area contributed by atoms with E-state index in [0.29, 0.717) is 42.1 Å². The number of hydrogen-bond acceptors (Lipinski definition) is 1. The van der Waals surface area contributed by atoms with E-state index in [9.17, 15) is 0 Å². The van der Waals surface area contributed by atoms with Crippen LogP contribution < -0.4 is 5.73 Å². The lowest BCUT2D eigenvalue weighted by Gasteiger charge is -2.37. The molecule has 2 N–H and O–H groups in total. The second kappa shape index (κ2) is 18.4. The van der Waals surface area contributed by atoms with Gasteiger partial charge in [-0.3, -0.25) is 0 Å². The van der Waals surface area contributed by atoms with Crippen molar-refractivity contribution in [3.05, 3.63) is 142 Å². The van der Waals surface area contributed by atoms with Crippen LogP contribution in [0, 0.1) is 35.5 Å². The van der Waals surface area contributed by atoms with Gasteiger partial charge in [0, 0.05) is 24.3 Å². The van der Waals surface area contributed by atoms with Crippen LogP contribution in [0.5, 0.6) is 0 Å². The standard InChI is InChI=1S/C46H63N/c1-8-18-38(32-34(6)19-16-17-30-47)42-27-26-39(43-20-12-13-23-46(42)43)35(7)24-25-36(10-3)40-28-29-41(37(11-4)31-33(5)9-2)45-22-15-14-21-44(40)45/h10-17,20-23,28-29,32-34,42,44-46H,7-9,18-19,24-27,30-31,47H2,1-6H3/b17-16-,36-10+,37-11+,38-32+. The van der Waals surface area contributed by atoms with Crippen LogP contribution in [0.1, 0.15) is 99.3 Å². The van der Waals surface area contributed by atoms with E-state index < -0.39 is 0 Å². The minimum atomic E-state index is 0.400. The predicted molar refractivity (Wildman–Crippen MR) is 208 cm³/mol. The first-order valence-corrected chi connectivity index (χ1v) is 18.8. The Labute approximate surface area is 288 Å². The SMILES string of the molecule is C=C(CC/C(=C\C)C1=CC=C(/C(=C/C)CC(C)CC)C2C=CC=CC12)C1=C2C=CC=CC2C(/C(=C/C(C)C/C=C\CN)CCC)CC1. The van der Waals surface area contributed by atoms with Gasteiger partial charge in [-0.25, -0.2) is 0 Å². The molecule has 0 heterocycles. The summed E-state index contributed by atoms with van der Waals surface area (Å²) >= 11 is 0. The van der Waals surface area contributed by atoms with Crippen molar-refractivity contribution in [2.45, 2.75) is 99.3 Å². The number of allylic oxidation sites excluding steroid dienone is 22. The summed E-state index contributed by atoms with van der Waals surface area (Å²) in [6.45, 7) is 19.2. The van der Waals surface area contributed by atoms with Crippen LogP contribution in [0.2, 0.25) is 0 Å². The van der Waals surface area contributed by atoms with Crippen molar-refractivity contribution in [2.75, 3.05) is 6.54 Å². The molecular formula is C46H63N. The molecule has 0 aromatic rings. The molecule has 0 fully saturated rings. The fourth-order valence-corrected chi connectivity index (χ4v) is 8.21. The molecular weight excluding hydrogens is 567 g/mol. The molecule has 0 aliphatic heterocycles. The van der Waals surface area contributed by atoms with Crippen molar-refractivity contribution in [2.24, 2.45) is 41.2 Å². The summed E-state index contributed by atoms with van der Waals surface area (Å²) in [4.78, 5) is 0. The highest BCUT2D eigenvalue weighted by atomic mass is 14.5. The molecule has 252 valence electrons. The van der Waals surface area contributed by atoms with Crippen LogP contribution in [0.15, 0.2) is 142 Å². The average Bonchev–Trinajstić information content (AvgIpc) is 3.10. The molecule has 4 aliphatic carbocycles. The first-order valence-electron chi connectivity index (χ1n) is 18.8. The van der Waals surface area contributed by atoms with Crippen LogP contribution in [0.25, 0.3) is 0 Å². The van der Waals surface area contributed by atoms with E-state index in [0.717, 1.165) is 32.1 Å². The molecule has 0 spiro atoms. The summed E-state index contributed by atoms with van der Waals surface area (Å²) < 4.78 is 0. The van der Waals surface area contributed by atoms with Gasteiger partial charge in [-0.2, -0.15) is 0 Å². The first kappa shape index (κ1) is 36.7.